The Labute approximate surface area is 288 Å². The van der Waals surface area contributed by atoms with Crippen molar-refractivity contribution in [2.75, 3.05) is 9.80 Å². The average molecular weight is 643 g/mol. The minimum atomic E-state index is 0.852. The second-order valence-corrected chi connectivity index (χ2v) is 12.6. The van der Waals surface area contributed by atoms with Crippen LogP contribution in [-0.2, 0) is 0 Å². The molecule has 4 heteroatoms. The van der Waals surface area contributed by atoms with E-state index in [1.807, 2.05) is 24.3 Å². The molecule has 0 unspecified atom stereocenters. The van der Waals surface area contributed by atoms with Crippen molar-refractivity contribution in [1.29, 1.82) is 0 Å². The largest absolute Gasteiger partial charge is 0.456 e. The van der Waals surface area contributed by atoms with E-state index in [1.54, 1.807) is 0 Å². The van der Waals surface area contributed by atoms with Crippen LogP contribution in [0.15, 0.2) is 191 Å². The molecule has 0 fully saturated rings. The van der Waals surface area contributed by atoms with Gasteiger partial charge in [-0.1, -0.05) is 72.8 Å². The highest BCUT2D eigenvalue weighted by atomic mass is 16.3. The lowest BCUT2D eigenvalue weighted by Crippen LogP contribution is -2.09. The second-order valence-electron chi connectivity index (χ2n) is 12.6. The summed E-state index contributed by atoms with van der Waals surface area (Å²) in [4.78, 5) is 4.52. The van der Waals surface area contributed by atoms with E-state index < -0.39 is 0 Å². The van der Waals surface area contributed by atoms with Gasteiger partial charge in [0.1, 0.15) is 22.3 Å². The molecule has 0 radical (unpaired) electrons. The van der Waals surface area contributed by atoms with Crippen LogP contribution in [0.5, 0.6) is 0 Å². The topological polar surface area (TPSA) is 32.8 Å². The zero-order chi connectivity index (χ0) is 33.0. The third-order valence-electron chi connectivity index (χ3n) is 9.61. The summed E-state index contributed by atoms with van der Waals surface area (Å²) >= 11 is 0. The third kappa shape index (κ3) is 4.54. The number of furan rings is 2. The summed E-state index contributed by atoms with van der Waals surface area (Å²) in [5.74, 6) is 0. The molecule has 0 N–H and O–H groups in total. The van der Waals surface area contributed by atoms with Gasteiger partial charge in [-0.15, -0.1) is 0 Å². The smallest absolute Gasteiger partial charge is 0.137 e. The molecule has 4 nitrogen and oxygen atoms in total. The van der Waals surface area contributed by atoms with Gasteiger partial charge in [0, 0.05) is 67.8 Å². The highest BCUT2D eigenvalue weighted by molar-refractivity contribution is 6.27. The van der Waals surface area contributed by atoms with Crippen LogP contribution in [0.25, 0.3) is 54.6 Å². The fraction of sp³-hybridized carbons (Fsp3) is 0. The monoisotopic (exact) mass is 642 g/mol. The maximum atomic E-state index is 6.57. The summed E-state index contributed by atoms with van der Waals surface area (Å²) in [6.45, 7) is 0. The Bertz CT molecular complexity index is 2530. The van der Waals surface area contributed by atoms with Crippen LogP contribution in [0.3, 0.4) is 0 Å². The van der Waals surface area contributed by atoms with Gasteiger partial charge in [-0.25, -0.2) is 0 Å². The summed E-state index contributed by atoms with van der Waals surface area (Å²) in [5, 5.41) is 6.69. The molecule has 2 heterocycles. The fourth-order valence-corrected chi connectivity index (χ4v) is 7.41. The number of hydrogen-bond donors (Lipinski definition) is 0. The van der Waals surface area contributed by atoms with Gasteiger partial charge < -0.3 is 18.6 Å². The Morgan fingerprint density at radius 2 is 0.580 bits per heavy atom. The van der Waals surface area contributed by atoms with E-state index in [4.69, 9.17) is 8.83 Å². The van der Waals surface area contributed by atoms with Gasteiger partial charge in [-0.2, -0.15) is 0 Å². The van der Waals surface area contributed by atoms with Crippen molar-refractivity contribution in [3.63, 3.8) is 0 Å². The maximum absolute atomic E-state index is 6.57. The zero-order valence-corrected chi connectivity index (χ0v) is 27.0. The van der Waals surface area contributed by atoms with Crippen LogP contribution in [-0.4, -0.2) is 0 Å². The second kappa shape index (κ2) is 11.4. The Balaban J connectivity index is 1.12. The number of para-hydroxylation sites is 4. The molecule has 0 bridgehead atoms. The molecule has 0 amide bonds. The minimum Gasteiger partial charge on any atom is -0.456 e. The summed E-state index contributed by atoms with van der Waals surface area (Å²) in [5.41, 5.74) is 9.88. The van der Waals surface area contributed by atoms with E-state index in [2.05, 4.69) is 168 Å². The van der Waals surface area contributed by atoms with Crippen LogP contribution >= 0.6 is 0 Å². The van der Waals surface area contributed by atoms with E-state index in [0.29, 0.717) is 0 Å². The molecule has 0 aliphatic rings. The molecular formula is C46H30N2O2. The highest BCUT2D eigenvalue weighted by Crippen LogP contribution is 2.44. The van der Waals surface area contributed by atoms with Gasteiger partial charge in [-0.3, -0.25) is 0 Å². The van der Waals surface area contributed by atoms with Crippen molar-refractivity contribution in [3.05, 3.63) is 182 Å². The number of nitrogens with zero attached hydrogens (tertiary/aromatic N) is 2. The van der Waals surface area contributed by atoms with Gasteiger partial charge in [-0.05, 0) is 108 Å². The predicted molar refractivity (Wildman–Crippen MR) is 208 cm³/mol. The maximum Gasteiger partial charge on any atom is 0.137 e. The van der Waals surface area contributed by atoms with E-state index >= 15 is 0 Å². The van der Waals surface area contributed by atoms with Crippen molar-refractivity contribution in [1.82, 2.24) is 0 Å². The Morgan fingerprint density at radius 1 is 0.260 bits per heavy atom. The van der Waals surface area contributed by atoms with Crippen molar-refractivity contribution in [2.24, 2.45) is 0 Å². The number of benzene rings is 8. The summed E-state index contributed by atoms with van der Waals surface area (Å²) in [7, 11) is 0. The van der Waals surface area contributed by atoms with Crippen molar-refractivity contribution in [3.8, 4) is 0 Å². The lowest BCUT2D eigenvalue weighted by molar-refractivity contribution is 0.668. The van der Waals surface area contributed by atoms with E-state index in [-0.39, 0.29) is 0 Å². The van der Waals surface area contributed by atoms with Crippen molar-refractivity contribution >= 4 is 88.8 Å². The van der Waals surface area contributed by atoms with Gasteiger partial charge in [0.2, 0.25) is 0 Å². The third-order valence-corrected chi connectivity index (χ3v) is 9.61. The predicted octanol–water partition coefficient (Wildman–Crippen LogP) is 13.6. The standard InChI is InChI=1S/C46H30N2O2/c1-5-13-31(14-6-1)47(32-15-7-2-8-16-32)35-21-23-39-43(29-35)49-41-27-25-38-37(45(39)41)26-28-42-46(38)40-24-22-36(30-44(40)50-42)48(33-17-9-3-10-18-33)34-19-11-4-12-20-34/h1-30H. The van der Waals surface area contributed by atoms with Crippen molar-refractivity contribution < 1.29 is 8.83 Å². The Kier molecular flexibility index (Phi) is 6.46. The molecule has 0 saturated heterocycles. The van der Waals surface area contributed by atoms with Crippen LogP contribution in [0, 0.1) is 0 Å². The molecule has 0 spiro atoms. The number of rotatable bonds is 6. The molecule has 50 heavy (non-hydrogen) atoms. The van der Waals surface area contributed by atoms with Crippen LogP contribution < -0.4 is 9.80 Å². The lowest BCUT2D eigenvalue weighted by Gasteiger charge is -2.25. The first kappa shape index (κ1) is 28.3. The Morgan fingerprint density at radius 3 is 0.920 bits per heavy atom. The lowest BCUT2D eigenvalue weighted by atomic mass is 9.99. The first-order chi connectivity index (χ1) is 24.8. The first-order valence-corrected chi connectivity index (χ1v) is 16.8. The minimum absolute atomic E-state index is 0.852. The zero-order valence-electron chi connectivity index (χ0n) is 27.0. The number of fused-ring (bicyclic) bond motifs is 9. The van der Waals surface area contributed by atoms with E-state index in [0.717, 1.165) is 88.8 Å². The SMILES string of the molecule is c1ccc(N(c2ccccc2)c2ccc3c(c2)oc2ccc4c(ccc5oc6cc(N(c7ccccc7)c7ccccc7)ccc6c54)c23)cc1. The summed E-state index contributed by atoms with van der Waals surface area (Å²) < 4.78 is 13.1. The van der Waals surface area contributed by atoms with Crippen LogP contribution in [0.2, 0.25) is 0 Å². The quantitative estimate of drug-likeness (QED) is 0.181. The van der Waals surface area contributed by atoms with Crippen molar-refractivity contribution in [2.45, 2.75) is 0 Å². The first-order valence-electron chi connectivity index (χ1n) is 16.8. The van der Waals surface area contributed by atoms with Gasteiger partial charge in [0.25, 0.3) is 0 Å². The molecule has 0 atom stereocenters. The molecule has 10 rings (SSSR count). The molecular weight excluding hydrogens is 613 g/mol. The summed E-state index contributed by atoms with van der Waals surface area (Å²) in [6.07, 6.45) is 0. The van der Waals surface area contributed by atoms with Crippen LogP contribution in [0.1, 0.15) is 0 Å². The van der Waals surface area contributed by atoms with Crippen LogP contribution in [0.4, 0.5) is 34.1 Å². The molecule has 0 aliphatic carbocycles. The number of hydrogen-bond acceptors (Lipinski definition) is 4. The molecule has 0 saturated carbocycles. The Hall–Kier alpha value is -6.78. The molecule has 8 aromatic carbocycles. The summed E-state index contributed by atoms with van der Waals surface area (Å²) in [6, 6.07) is 63.4. The van der Waals surface area contributed by atoms with Gasteiger partial charge in [0.05, 0.1) is 0 Å². The highest BCUT2D eigenvalue weighted by Gasteiger charge is 2.20. The van der Waals surface area contributed by atoms with E-state index in [9.17, 15) is 0 Å². The van der Waals surface area contributed by atoms with Gasteiger partial charge >= 0.3 is 0 Å². The molecule has 10 aromatic rings. The molecule has 0 aliphatic heterocycles. The molecule has 2 aromatic heterocycles. The number of anilines is 6. The van der Waals surface area contributed by atoms with Gasteiger partial charge in [0.15, 0.2) is 0 Å². The van der Waals surface area contributed by atoms with E-state index in [1.165, 1.54) is 0 Å². The average Bonchev–Trinajstić information content (AvgIpc) is 3.75. The fourth-order valence-electron chi connectivity index (χ4n) is 7.41. The molecule has 236 valence electrons. The normalized spacial score (nSPS) is 11.6.